The van der Waals surface area contributed by atoms with E-state index in [0.717, 1.165) is 37.1 Å². The molecule has 3 N–H and O–H groups in total. The number of carbonyl (C=O) groups is 4. The molecule has 7 rings (SSSR count). The van der Waals surface area contributed by atoms with E-state index < -0.39 is 28.5 Å². The summed E-state index contributed by atoms with van der Waals surface area (Å²) >= 11 is 0. The fourth-order valence-corrected chi connectivity index (χ4v) is 8.13. The molecule has 3 saturated heterocycles. The molecule has 1 atom stereocenters. The molecule has 3 heterocycles. The van der Waals surface area contributed by atoms with Gasteiger partial charge >= 0.3 is 10.2 Å². The predicted octanol–water partition coefficient (Wildman–Crippen LogP) is 4.08. The van der Waals surface area contributed by atoms with Crippen molar-refractivity contribution in [3.05, 3.63) is 101 Å². The van der Waals surface area contributed by atoms with Gasteiger partial charge in [0.1, 0.15) is 24.6 Å². The van der Waals surface area contributed by atoms with Gasteiger partial charge in [0.25, 0.3) is 5.91 Å². The molecule has 14 heteroatoms. The molecule has 3 fully saturated rings. The number of imide groups is 1. The maximum absolute atomic E-state index is 16.1. The third-order valence-electron chi connectivity index (χ3n) is 9.61. The number of likely N-dealkylation sites (tertiary alicyclic amines) is 1. The number of amides is 4. The van der Waals surface area contributed by atoms with Crippen molar-refractivity contribution in [2.24, 2.45) is 0 Å². The molecule has 12 nitrogen and oxygen atoms in total. The number of halogens is 1. The lowest BCUT2D eigenvalue weighted by Gasteiger charge is -2.32. The summed E-state index contributed by atoms with van der Waals surface area (Å²) in [5.41, 5.74) is 2.92. The second-order valence-corrected chi connectivity index (χ2v) is 14.6. The van der Waals surface area contributed by atoms with Crippen LogP contribution in [0.3, 0.4) is 0 Å². The maximum Gasteiger partial charge on any atom is 0.326 e. The van der Waals surface area contributed by atoms with Crippen LogP contribution in [0.25, 0.3) is 10.8 Å². The first kappa shape index (κ1) is 34.1. The zero-order valence-electron chi connectivity index (χ0n) is 27.6. The average Bonchev–Trinajstić information content (AvgIpc) is 3.38. The van der Waals surface area contributed by atoms with E-state index in [0.29, 0.717) is 34.1 Å². The second kappa shape index (κ2) is 14.1. The Morgan fingerprint density at radius 3 is 2.31 bits per heavy atom. The minimum Gasteiger partial charge on any atom is -0.487 e. The Kier molecular flexibility index (Phi) is 9.44. The smallest absolute Gasteiger partial charge is 0.326 e. The molecule has 1 unspecified atom stereocenters. The number of carbonyl (C=O) groups excluding carboxylic acids is 4. The van der Waals surface area contributed by atoms with Gasteiger partial charge in [-0.05, 0) is 84.6 Å². The molecule has 4 aromatic carbocycles. The lowest BCUT2D eigenvalue weighted by atomic mass is 9.86. The Balaban J connectivity index is 1.01. The Morgan fingerprint density at radius 1 is 0.902 bits per heavy atom. The van der Waals surface area contributed by atoms with Crippen LogP contribution in [0.15, 0.2) is 78.9 Å². The Morgan fingerprint density at radius 2 is 1.63 bits per heavy atom. The van der Waals surface area contributed by atoms with Crippen molar-refractivity contribution in [1.29, 1.82) is 0 Å². The van der Waals surface area contributed by atoms with Crippen molar-refractivity contribution in [2.45, 2.75) is 44.1 Å². The molecule has 51 heavy (non-hydrogen) atoms. The van der Waals surface area contributed by atoms with Crippen molar-refractivity contribution in [3.63, 3.8) is 0 Å². The first-order valence-corrected chi connectivity index (χ1v) is 18.2. The SMILES string of the molecule is O=C1CCC(c2ccc(C3CCN(CC(=O)Nc4ccc5c(F)c(N6CC(=O)NS6(=O)=O)c(OCc6ccccc6)cc5c4)CC3)cc2)C(=O)N1. The van der Waals surface area contributed by atoms with Crippen LogP contribution in [0.5, 0.6) is 5.75 Å². The van der Waals surface area contributed by atoms with Crippen molar-refractivity contribution >= 4 is 56.0 Å². The Labute approximate surface area is 294 Å². The molecule has 0 aliphatic carbocycles. The fraction of sp³-hybridized carbons (Fsp3) is 0.297. The van der Waals surface area contributed by atoms with Crippen molar-refractivity contribution in [3.8, 4) is 5.75 Å². The predicted molar refractivity (Wildman–Crippen MR) is 188 cm³/mol. The lowest BCUT2D eigenvalue weighted by molar-refractivity contribution is -0.134. The van der Waals surface area contributed by atoms with Crippen LogP contribution in [0.1, 0.15) is 54.2 Å². The zero-order chi connectivity index (χ0) is 35.7. The normalized spacial score (nSPS) is 19.5. The monoisotopic (exact) mass is 713 g/mol. The number of hydrogen-bond donors (Lipinski definition) is 3. The van der Waals surface area contributed by atoms with Gasteiger partial charge in [-0.2, -0.15) is 8.42 Å². The van der Waals surface area contributed by atoms with Crippen LogP contribution in [0.4, 0.5) is 15.8 Å². The number of piperidine rings is 2. The quantitative estimate of drug-likeness (QED) is 0.220. The summed E-state index contributed by atoms with van der Waals surface area (Å²) in [6.45, 7) is 1.05. The zero-order valence-corrected chi connectivity index (χ0v) is 28.4. The number of benzene rings is 4. The summed E-state index contributed by atoms with van der Waals surface area (Å²) in [5.74, 6) is -2.43. The van der Waals surface area contributed by atoms with E-state index in [1.54, 1.807) is 12.1 Å². The summed E-state index contributed by atoms with van der Waals surface area (Å²) < 4.78 is 50.0. The number of hydrogen-bond acceptors (Lipinski definition) is 8. The van der Waals surface area contributed by atoms with Gasteiger partial charge in [0.05, 0.1) is 12.5 Å². The van der Waals surface area contributed by atoms with Crippen LogP contribution in [0.2, 0.25) is 0 Å². The molecule has 3 aliphatic heterocycles. The summed E-state index contributed by atoms with van der Waals surface area (Å²) in [6.07, 6.45) is 2.58. The van der Waals surface area contributed by atoms with Gasteiger partial charge < -0.3 is 10.1 Å². The molecule has 0 aromatic heterocycles. The molecule has 3 aliphatic rings. The van der Waals surface area contributed by atoms with E-state index in [-0.39, 0.29) is 53.6 Å². The Bertz CT molecular complexity index is 2120. The van der Waals surface area contributed by atoms with E-state index in [9.17, 15) is 27.6 Å². The highest BCUT2D eigenvalue weighted by Crippen LogP contribution is 2.40. The van der Waals surface area contributed by atoms with Gasteiger partial charge in [0, 0.05) is 17.5 Å². The highest BCUT2D eigenvalue weighted by molar-refractivity contribution is 7.92. The lowest BCUT2D eigenvalue weighted by Crippen LogP contribution is -2.39. The molecule has 0 spiro atoms. The topological polar surface area (TPSA) is 154 Å². The molecule has 0 saturated carbocycles. The average molecular weight is 714 g/mol. The molecule has 264 valence electrons. The molecule has 0 bridgehead atoms. The summed E-state index contributed by atoms with van der Waals surface area (Å²) in [6, 6.07) is 23.2. The number of anilines is 2. The van der Waals surface area contributed by atoms with E-state index in [1.807, 2.05) is 47.2 Å². The fourth-order valence-electron chi connectivity index (χ4n) is 6.97. The van der Waals surface area contributed by atoms with E-state index in [2.05, 4.69) is 27.7 Å². The third-order valence-corrected chi connectivity index (χ3v) is 11.0. The summed E-state index contributed by atoms with van der Waals surface area (Å²) in [5, 5.41) is 5.77. The first-order valence-electron chi connectivity index (χ1n) is 16.8. The van der Waals surface area contributed by atoms with E-state index in [4.69, 9.17) is 4.74 Å². The second-order valence-electron chi connectivity index (χ2n) is 13.1. The highest BCUT2D eigenvalue weighted by Gasteiger charge is 2.38. The Hall–Kier alpha value is -5.34. The van der Waals surface area contributed by atoms with Crippen LogP contribution in [-0.2, 0) is 36.0 Å². The number of nitrogens with zero attached hydrogens (tertiary/aromatic N) is 2. The van der Waals surface area contributed by atoms with Crippen LogP contribution in [-0.4, -0.2) is 63.1 Å². The summed E-state index contributed by atoms with van der Waals surface area (Å²) in [7, 11) is -4.32. The van der Waals surface area contributed by atoms with Gasteiger partial charge in [-0.3, -0.25) is 29.4 Å². The van der Waals surface area contributed by atoms with Crippen molar-refractivity contribution < 1.29 is 36.7 Å². The van der Waals surface area contributed by atoms with Crippen molar-refractivity contribution in [1.82, 2.24) is 14.9 Å². The van der Waals surface area contributed by atoms with Crippen LogP contribution in [0, 0.1) is 5.82 Å². The molecular weight excluding hydrogens is 677 g/mol. The molecule has 4 amide bonds. The van der Waals surface area contributed by atoms with Crippen molar-refractivity contribution in [2.75, 3.05) is 35.8 Å². The third kappa shape index (κ3) is 7.42. The largest absolute Gasteiger partial charge is 0.487 e. The number of fused-ring (bicyclic) bond motifs is 1. The summed E-state index contributed by atoms with van der Waals surface area (Å²) in [4.78, 5) is 50.9. The van der Waals surface area contributed by atoms with Gasteiger partial charge in [-0.1, -0.05) is 54.6 Å². The van der Waals surface area contributed by atoms with E-state index >= 15 is 4.39 Å². The number of ether oxygens (including phenoxy) is 1. The van der Waals surface area contributed by atoms with Gasteiger partial charge in [0.2, 0.25) is 17.7 Å². The first-order chi connectivity index (χ1) is 24.5. The number of rotatable bonds is 9. The van der Waals surface area contributed by atoms with Gasteiger partial charge in [-0.25, -0.2) is 13.4 Å². The minimum absolute atomic E-state index is 0.0227. The molecular formula is C37H36FN5O7S. The van der Waals surface area contributed by atoms with Crippen LogP contribution < -0.4 is 24.4 Å². The number of nitrogens with one attached hydrogen (secondary N) is 3. The maximum atomic E-state index is 16.1. The minimum atomic E-state index is -4.32. The molecule has 0 radical (unpaired) electrons. The van der Waals surface area contributed by atoms with Gasteiger partial charge in [-0.15, -0.1) is 0 Å². The highest BCUT2D eigenvalue weighted by atomic mass is 32.2. The standard InChI is InChI=1S/C37H36FN5O7S/c38-35-29-11-10-28(18-27(29)19-31(50-22-23-4-2-1-3-5-23)36(35)43-21-34(46)41-51(43,48)49)39-33(45)20-42-16-14-25(15-17-42)24-6-8-26(9-7-24)30-12-13-32(44)40-37(30)47/h1-11,18-19,25,30H,12-17,20-22H2,(H,39,45)(H,41,46)(H,40,44,47). The molecule has 4 aromatic rings. The van der Waals surface area contributed by atoms with E-state index in [1.165, 1.54) is 17.7 Å². The van der Waals surface area contributed by atoms with Crippen LogP contribution >= 0.6 is 0 Å². The van der Waals surface area contributed by atoms with Gasteiger partial charge in [0.15, 0.2) is 5.82 Å².